The molecule has 0 aliphatic carbocycles. The maximum Gasteiger partial charge on any atom is 0.125 e. The summed E-state index contributed by atoms with van der Waals surface area (Å²) in [5, 5.41) is 26.1. The van der Waals surface area contributed by atoms with E-state index >= 15 is 0 Å². The fraction of sp³-hybridized carbons (Fsp3) is 1.00. The van der Waals surface area contributed by atoms with Crippen LogP contribution in [0.25, 0.3) is 0 Å². The molecule has 3 N–H and O–H groups in total. The summed E-state index contributed by atoms with van der Waals surface area (Å²) in [4.78, 5) is 0. The zero-order valence-corrected chi connectivity index (χ0v) is 6.46. The zero-order valence-electron chi connectivity index (χ0n) is 4.68. The lowest BCUT2D eigenvalue weighted by Gasteiger charge is -2.16. The van der Waals surface area contributed by atoms with Crippen LogP contribution in [-0.2, 0) is 0 Å². The lowest BCUT2D eigenvalue weighted by molar-refractivity contribution is -0.0144. The van der Waals surface area contributed by atoms with Crippen molar-refractivity contribution in [3.8, 4) is 0 Å². The Morgan fingerprint density at radius 2 is 1.67 bits per heavy atom. The van der Waals surface area contributed by atoms with Crippen LogP contribution < -0.4 is 0 Å². The SMILES string of the molecule is OC(S)C(O)C(O)CS. The molecule has 0 aromatic carbocycles. The van der Waals surface area contributed by atoms with Crippen LogP contribution in [0.1, 0.15) is 0 Å². The third kappa shape index (κ3) is 3.32. The molecule has 0 rings (SSSR count). The van der Waals surface area contributed by atoms with E-state index < -0.39 is 17.6 Å². The van der Waals surface area contributed by atoms with Crippen LogP contribution in [0.15, 0.2) is 0 Å². The Hall–Kier alpha value is 0.580. The van der Waals surface area contributed by atoms with Crippen molar-refractivity contribution in [2.45, 2.75) is 17.6 Å². The molecule has 0 bridgehead atoms. The highest BCUT2D eigenvalue weighted by atomic mass is 32.1. The maximum atomic E-state index is 8.77. The van der Waals surface area contributed by atoms with Gasteiger partial charge in [-0.3, -0.25) is 0 Å². The summed E-state index contributed by atoms with van der Waals surface area (Å²) in [5.41, 5.74) is -1.20. The Balaban J connectivity index is 3.58. The van der Waals surface area contributed by atoms with Crippen LogP contribution in [0.3, 0.4) is 0 Å². The first-order valence-corrected chi connectivity index (χ1v) is 3.57. The molecule has 0 heterocycles. The number of hydrogen-bond donors (Lipinski definition) is 5. The summed E-state index contributed by atoms with van der Waals surface area (Å²) in [5.74, 6) is 0.110. The quantitative estimate of drug-likeness (QED) is 0.276. The van der Waals surface area contributed by atoms with Crippen LogP contribution in [0, 0.1) is 0 Å². The van der Waals surface area contributed by atoms with E-state index in [4.69, 9.17) is 15.3 Å². The number of aliphatic hydroxyl groups excluding tert-OH is 3. The third-order valence-corrected chi connectivity index (χ3v) is 1.57. The molecule has 9 heavy (non-hydrogen) atoms. The van der Waals surface area contributed by atoms with Crippen LogP contribution in [-0.4, -0.2) is 38.7 Å². The summed E-state index contributed by atoms with van der Waals surface area (Å²) >= 11 is 7.19. The minimum Gasteiger partial charge on any atom is -0.389 e. The third-order valence-electron chi connectivity index (χ3n) is 0.887. The summed E-state index contributed by atoms with van der Waals surface area (Å²) in [7, 11) is 0. The molecule has 0 aromatic rings. The number of rotatable bonds is 3. The second kappa shape index (κ2) is 4.40. The number of thiol groups is 2. The van der Waals surface area contributed by atoms with Gasteiger partial charge in [-0.25, -0.2) is 0 Å². The molecule has 3 atom stereocenters. The molecule has 56 valence electrons. The largest absolute Gasteiger partial charge is 0.389 e. The standard InChI is InChI=1S/C4H10O3S2/c5-2(1-8)3(6)4(7)9/h2-9H,1H2. The summed E-state index contributed by atoms with van der Waals surface area (Å²) < 4.78 is 0. The van der Waals surface area contributed by atoms with Crippen molar-refractivity contribution >= 4 is 25.3 Å². The predicted molar refractivity (Wildman–Crippen MR) is 40.9 cm³/mol. The van der Waals surface area contributed by atoms with E-state index in [2.05, 4.69) is 25.3 Å². The van der Waals surface area contributed by atoms with E-state index in [-0.39, 0.29) is 5.75 Å². The topological polar surface area (TPSA) is 60.7 Å². The second-order valence-electron chi connectivity index (χ2n) is 1.65. The van der Waals surface area contributed by atoms with Gasteiger partial charge in [0.05, 0.1) is 6.10 Å². The van der Waals surface area contributed by atoms with Gasteiger partial charge in [0, 0.05) is 5.75 Å². The van der Waals surface area contributed by atoms with Crippen molar-refractivity contribution in [3.05, 3.63) is 0 Å². The van der Waals surface area contributed by atoms with Crippen molar-refractivity contribution in [1.29, 1.82) is 0 Å². The smallest absolute Gasteiger partial charge is 0.125 e. The van der Waals surface area contributed by atoms with Crippen molar-refractivity contribution in [1.82, 2.24) is 0 Å². The van der Waals surface area contributed by atoms with Gasteiger partial charge in [-0.05, 0) is 0 Å². The van der Waals surface area contributed by atoms with Gasteiger partial charge in [0.15, 0.2) is 0 Å². The molecule has 0 saturated carbocycles. The van der Waals surface area contributed by atoms with Crippen molar-refractivity contribution in [3.63, 3.8) is 0 Å². The highest BCUT2D eigenvalue weighted by molar-refractivity contribution is 7.80. The van der Waals surface area contributed by atoms with Crippen molar-refractivity contribution in [2.24, 2.45) is 0 Å². The summed E-state index contributed by atoms with van der Waals surface area (Å²) in [6, 6.07) is 0. The van der Waals surface area contributed by atoms with Crippen LogP contribution in [0.2, 0.25) is 0 Å². The number of hydrogen-bond acceptors (Lipinski definition) is 5. The monoisotopic (exact) mass is 170 g/mol. The molecular weight excluding hydrogens is 160 g/mol. The normalized spacial score (nSPS) is 21.0. The Kier molecular flexibility index (Phi) is 4.69. The van der Waals surface area contributed by atoms with Gasteiger partial charge in [-0.2, -0.15) is 12.6 Å². The fourth-order valence-corrected chi connectivity index (χ4v) is 0.721. The molecule has 0 saturated heterocycles. The second-order valence-corrected chi connectivity index (χ2v) is 2.55. The molecule has 0 fully saturated rings. The maximum absolute atomic E-state index is 8.77. The van der Waals surface area contributed by atoms with Gasteiger partial charge in [0.1, 0.15) is 11.5 Å². The predicted octanol–water partition coefficient (Wildman–Crippen LogP) is -1.11. The van der Waals surface area contributed by atoms with E-state index in [1.807, 2.05) is 0 Å². The molecule has 3 unspecified atom stereocenters. The average Bonchev–Trinajstić information content (AvgIpc) is 1.84. The average molecular weight is 170 g/mol. The Labute approximate surface area is 64.5 Å². The Morgan fingerprint density at radius 1 is 1.22 bits per heavy atom. The van der Waals surface area contributed by atoms with Crippen molar-refractivity contribution < 1.29 is 15.3 Å². The first-order valence-electron chi connectivity index (χ1n) is 2.42. The van der Waals surface area contributed by atoms with Gasteiger partial charge in [0.2, 0.25) is 0 Å². The van der Waals surface area contributed by atoms with Gasteiger partial charge < -0.3 is 15.3 Å². The minimum absolute atomic E-state index is 0.110. The molecule has 0 aliphatic heterocycles. The highest BCUT2D eigenvalue weighted by Gasteiger charge is 2.19. The molecule has 5 heteroatoms. The van der Waals surface area contributed by atoms with Gasteiger partial charge in [-0.1, -0.05) is 0 Å². The van der Waals surface area contributed by atoms with Gasteiger partial charge in [0.25, 0.3) is 0 Å². The van der Waals surface area contributed by atoms with E-state index in [0.717, 1.165) is 0 Å². The molecule has 0 spiro atoms. The van der Waals surface area contributed by atoms with Gasteiger partial charge in [-0.15, -0.1) is 12.6 Å². The lowest BCUT2D eigenvalue weighted by atomic mass is 10.2. The van der Waals surface area contributed by atoms with E-state index in [1.165, 1.54) is 0 Å². The first kappa shape index (κ1) is 9.58. The van der Waals surface area contributed by atoms with E-state index in [0.29, 0.717) is 0 Å². The molecule has 0 amide bonds. The van der Waals surface area contributed by atoms with Crippen LogP contribution in [0.5, 0.6) is 0 Å². The molecule has 0 radical (unpaired) electrons. The minimum atomic E-state index is -1.22. The fourth-order valence-electron chi connectivity index (χ4n) is 0.307. The first-order chi connectivity index (χ1) is 4.09. The summed E-state index contributed by atoms with van der Waals surface area (Å²) in [6.07, 6.45) is -2.23. The van der Waals surface area contributed by atoms with Crippen LogP contribution >= 0.6 is 25.3 Å². The van der Waals surface area contributed by atoms with E-state index in [9.17, 15) is 0 Å². The Bertz CT molecular complexity index is 78.2. The molecular formula is C4H10O3S2. The van der Waals surface area contributed by atoms with Gasteiger partial charge >= 0.3 is 0 Å². The number of aliphatic hydroxyl groups is 3. The Morgan fingerprint density at radius 3 is 1.78 bits per heavy atom. The molecule has 3 nitrogen and oxygen atoms in total. The van der Waals surface area contributed by atoms with E-state index in [1.54, 1.807) is 0 Å². The highest BCUT2D eigenvalue weighted by Crippen LogP contribution is 2.03. The summed E-state index contributed by atoms with van der Waals surface area (Å²) in [6.45, 7) is 0. The molecule has 0 aliphatic rings. The zero-order chi connectivity index (χ0) is 7.44. The molecule has 0 aromatic heterocycles. The van der Waals surface area contributed by atoms with Crippen LogP contribution in [0.4, 0.5) is 0 Å². The lowest BCUT2D eigenvalue weighted by Crippen LogP contribution is -2.35. The van der Waals surface area contributed by atoms with Crippen molar-refractivity contribution in [2.75, 3.05) is 5.75 Å².